The molecule has 1 aromatic rings. The van der Waals surface area contributed by atoms with E-state index in [1.165, 1.54) is 28.6 Å². The lowest BCUT2D eigenvalue weighted by Gasteiger charge is -2.44. The van der Waals surface area contributed by atoms with E-state index in [0.717, 1.165) is 12.5 Å². The molecular formula is C16H23IN2. The quantitative estimate of drug-likeness (QED) is 0.820. The Morgan fingerprint density at radius 3 is 2.63 bits per heavy atom. The zero-order valence-electron chi connectivity index (χ0n) is 11.8. The Morgan fingerprint density at radius 2 is 2.00 bits per heavy atom. The predicted octanol–water partition coefficient (Wildman–Crippen LogP) is 3.50. The summed E-state index contributed by atoms with van der Waals surface area (Å²) < 4.78 is 1.38. The third-order valence-electron chi connectivity index (χ3n) is 4.51. The topological polar surface area (TPSA) is 15.3 Å². The third-order valence-corrected chi connectivity index (χ3v) is 5.42. The molecule has 1 heterocycles. The zero-order valence-corrected chi connectivity index (χ0v) is 13.9. The van der Waals surface area contributed by atoms with E-state index in [0.29, 0.717) is 18.0 Å². The molecule has 2 fully saturated rings. The first-order valence-electron chi connectivity index (χ1n) is 7.41. The molecule has 0 spiro atoms. The van der Waals surface area contributed by atoms with Gasteiger partial charge in [0, 0.05) is 28.7 Å². The first-order chi connectivity index (χ1) is 9.16. The van der Waals surface area contributed by atoms with Crippen LogP contribution in [-0.4, -0.2) is 25.2 Å². The second-order valence-corrected chi connectivity index (χ2v) is 7.43. The maximum absolute atomic E-state index is 3.79. The van der Waals surface area contributed by atoms with Gasteiger partial charge in [0.15, 0.2) is 0 Å². The first-order valence-corrected chi connectivity index (χ1v) is 8.49. The number of nitrogens with zero attached hydrogens (tertiary/aromatic N) is 1. The van der Waals surface area contributed by atoms with Crippen molar-refractivity contribution >= 4 is 28.3 Å². The van der Waals surface area contributed by atoms with Gasteiger partial charge in [-0.3, -0.25) is 0 Å². The molecule has 2 unspecified atom stereocenters. The van der Waals surface area contributed by atoms with E-state index in [1.807, 2.05) is 0 Å². The van der Waals surface area contributed by atoms with Gasteiger partial charge < -0.3 is 10.2 Å². The van der Waals surface area contributed by atoms with Crippen LogP contribution in [0.2, 0.25) is 0 Å². The van der Waals surface area contributed by atoms with Crippen LogP contribution >= 0.6 is 22.6 Å². The van der Waals surface area contributed by atoms with Crippen LogP contribution in [0.1, 0.15) is 26.7 Å². The van der Waals surface area contributed by atoms with Gasteiger partial charge in [0.1, 0.15) is 0 Å². The number of anilines is 1. The van der Waals surface area contributed by atoms with E-state index in [2.05, 4.69) is 70.9 Å². The molecule has 1 N–H and O–H groups in total. The zero-order chi connectivity index (χ0) is 13.4. The van der Waals surface area contributed by atoms with Gasteiger partial charge in [0.05, 0.1) is 5.69 Å². The number of hydrogen-bond acceptors (Lipinski definition) is 2. The molecular weight excluding hydrogens is 347 g/mol. The molecule has 0 bridgehead atoms. The summed E-state index contributed by atoms with van der Waals surface area (Å²) in [4.78, 5) is 2.66. The van der Waals surface area contributed by atoms with Crippen LogP contribution in [0.3, 0.4) is 0 Å². The molecule has 0 amide bonds. The second-order valence-electron chi connectivity index (χ2n) is 6.27. The molecule has 2 nitrogen and oxygen atoms in total. The van der Waals surface area contributed by atoms with Gasteiger partial charge in [-0.1, -0.05) is 26.0 Å². The third kappa shape index (κ3) is 2.92. The van der Waals surface area contributed by atoms with Crippen molar-refractivity contribution in [3.8, 4) is 0 Å². The van der Waals surface area contributed by atoms with E-state index in [4.69, 9.17) is 0 Å². The highest BCUT2D eigenvalue weighted by molar-refractivity contribution is 14.1. The largest absolute Gasteiger partial charge is 0.365 e. The van der Waals surface area contributed by atoms with Crippen LogP contribution in [0.15, 0.2) is 24.3 Å². The van der Waals surface area contributed by atoms with E-state index in [-0.39, 0.29) is 0 Å². The Hall–Kier alpha value is -0.290. The van der Waals surface area contributed by atoms with Gasteiger partial charge >= 0.3 is 0 Å². The predicted molar refractivity (Wildman–Crippen MR) is 89.6 cm³/mol. The number of nitrogens with one attached hydrogen (secondary N) is 1. The van der Waals surface area contributed by atoms with E-state index in [9.17, 15) is 0 Å². The second kappa shape index (κ2) is 5.60. The van der Waals surface area contributed by atoms with E-state index >= 15 is 0 Å². The summed E-state index contributed by atoms with van der Waals surface area (Å²) in [5.41, 5.74) is 1.42. The van der Waals surface area contributed by atoms with Crippen LogP contribution in [0.4, 0.5) is 5.69 Å². The lowest BCUT2D eigenvalue weighted by molar-refractivity contribution is 0.320. The fraction of sp³-hybridized carbons (Fsp3) is 0.625. The monoisotopic (exact) mass is 370 g/mol. The van der Waals surface area contributed by atoms with Crippen molar-refractivity contribution in [1.29, 1.82) is 0 Å². The van der Waals surface area contributed by atoms with Crippen molar-refractivity contribution < 1.29 is 0 Å². The SMILES string of the molecule is CC(C)C1CNC(C2CC2)CN1c1ccccc1I. The average Bonchev–Trinajstić information content (AvgIpc) is 3.23. The number of halogens is 1. The molecule has 3 rings (SSSR count). The number of hydrogen-bond donors (Lipinski definition) is 1. The number of para-hydroxylation sites is 1. The summed E-state index contributed by atoms with van der Waals surface area (Å²) >= 11 is 2.47. The Balaban J connectivity index is 1.86. The summed E-state index contributed by atoms with van der Waals surface area (Å²) in [5, 5.41) is 3.79. The summed E-state index contributed by atoms with van der Waals surface area (Å²) in [5.74, 6) is 1.61. The van der Waals surface area contributed by atoms with Crippen LogP contribution in [0.5, 0.6) is 0 Å². The molecule has 3 heteroatoms. The highest BCUT2D eigenvalue weighted by Crippen LogP contribution is 2.36. The fourth-order valence-corrected chi connectivity index (χ4v) is 3.86. The summed E-state index contributed by atoms with van der Waals surface area (Å²) in [6.07, 6.45) is 2.84. The summed E-state index contributed by atoms with van der Waals surface area (Å²) in [7, 11) is 0. The van der Waals surface area contributed by atoms with E-state index < -0.39 is 0 Å². The van der Waals surface area contributed by atoms with Gasteiger partial charge in [-0.05, 0) is 59.4 Å². The Morgan fingerprint density at radius 1 is 1.26 bits per heavy atom. The molecule has 0 aromatic heterocycles. The van der Waals surface area contributed by atoms with Crippen LogP contribution in [0, 0.1) is 15.4 Å². The minimum atomic E-state index is 0.617. The van der Waals surface area contributed by atoms with Crippen LogP contribution < -0.4 is 10.2 Å². The highest BCUT2D eigenvalue weighted by Gasteiger charge is 2.38. The first kappa shape index (κ1) is 13.7. The summed E-state index contributed by atoms with van der Waals surface area (Å²) in [6, 6.07) is 10.1. The molecule has 1 saturated carbocycles. The molecule has 19 heavy (non-hydrogen) atoms. The number of rotatable bonds is 3. The van der Waals surface area contributed by atoms with Crippen molar-refractivity contribution in [1.82, 2.24) is 5.32 Å². The maximum Gasteiger partial charge on any atom is 0.0505 e. The van der Waals surface area contributed by atoms with Crippen LogP contribution in [-0.2, 0) is 0 Å². The lowest BCUT2D eigenvalue weighted by Crippen LogP contribution is -2.59. The van der Waals surface area contributed by atoms with Crippen LogP contribution in [0.25, 0.3) is 0 Å². The number of benzene rings is 1. The van der Waals surface area contributed by atoms with Crippen molar-refractivity contribution in [2.45, 2.75) is 38.8 Å². The Labute approximate surface area is 130 Å². The van der Waals surface area contributed by atoms with Crippen molar-refractivity contribution in [3.05, 3.63) is 27.8 Å². The maximum atomic E-state index is 3.79. The van der Waals surface area contributed by atoms with Gasteiger partial charge in [-0.2, -0.15) is 0 Å². The standard InChI is InChI=1S/C16H23IN2/c1-11(2)16-9-18-14(12-7-8-12)10-19(16)15-6-4-3-5-13(15)17/h3-6,11-12,14,16,18H,7-10H2,1-2H3. The minimum absolute atomic E-state index is 0.617. The number of piperazine rings is 1. The molecule has 0 radical (unpaired) electrons. The van der Waals surface area contributed by atoms with Gasteiger partial charge in [-0.25, -0.2) is 0 Å². The molecule has 1 saturated heterocycles. The molecule has 1 aliphatic heterocycles. The minimum Gasteiger partial charge on any atom is -0.365 e. The van der Waals surface area contributed by atoms with Crippen molar-refractivity contribution in [2.75, 3.05) is 18.0 Å². The highest BCUT2D eigenvalue weighted by atomic mass is 127. The van der Waals surface area contributed by atoms with Crippen molar-refractivity contribution in [3.63, 3.8) is 0 Å². The summed E-state index contributed by atoms with van der Waals surface area (Å²) in [6.45, 7) is 6.98. The lowest BCUT2D eigenvalue weighted by atomic mass is 9.96. The Kier molecular flexibility index (Phi) is 4.03. The van der Waals surface area contributed by atoms with Gasteiger partial charge in [-0.15, -0.1) is 0 Å². The normalized spacial score (nSPS) is 27.9. The molecule has 1 aromatic carbocycles. The fourth-order valence-electron chi connectivity index (χ4n) is 3.17. The molecule has 104 valence electrons. The Bertz CT molecular complexity index is 442. The average molecular weight is 370 g/mol. The van der Waals surface area contributed by atoms with Crippen molar-refractivity contribution in [2.24, 2.45) is 11.8 Å². The molecule has 2 aliphatic rings. The smallest absolute Gasteiger partial charge is 0.0505 e. The molecule has 1 aliphatic carbocycles. The van der Waals surface area contributed by atoms with Gasteiger partial charge in [0.2, 0.25) is 0 Å². The van der Waals surface area contributed by atoms with Gasteiger partial charge in [0.25, 0.3) is 0 Å². The van der Waals surface area contributed by atoms with E-state index in [1.54, 1.807) is 0 Å². The molecule has 2 atom stereocenters.